The molecule has 0 spiro atoms. The number of hydrogen-bond donors (Lipinski definition) is 1. The first-order valence-electron chi connectivity index (χ1n) is 8.10. The number of hydrogen-bond acceptors (Lipinski definition) is 3. The second-order valence-corrected chi connectivity index (χ2v) is 7.03. The quantitative estimate of drug-likeness (QED) is 0.790. The average molecular weight is 322 g/mol. The van der Waals surface area contributed by atoms with Gasteiger partial charge in [-0.1, -0.05) is 26.8 Å². The fourth-order valence-corrected chi connectivity index (χ4v) is 2.62. The van der Waals surface area contributed by atoms with Gasteiger partial charge in [-0.3, -0.25) is 9.78 Å². The molecule has 1 N–H and O–H groups in total. The highest BCUT2D eigenvalue weighted by atomic mass is 16.3. The third-order valence-corrected chi connectivity index (χ3v) is 4.11. The van der Waals surface area contributed by atoms with Crippen LogP contribution in [0, 0.1) is 0 Å². The van der Waals surface area contributed by atoms with Crippen molar-refractivity contribution in [1.29, 1.82) is 0 Å². The lowest BCUT2D eigenvalue weighted by atomic mass is 9.86. The number of fused-ring (bicyclic) bond motifs is 1. The smallest absolute Gasteiger partial charge is 0.224 e. The van der Waals surface area contributed by atoms with E-state index < -0.39 is 0 Å². The van der Waals surface area contributed by atoms with Crippen molar-refractivity contribution in [2.24, 2.45) is 0 Å². The molecular weight excluding hydrogens is 300 g/mol. The Morgan fingerprint density at radius 2 is 1.92 bits per heavy atom. The Hall–Kier alpha value is -2.62. The van der Waals surface area contributed by atoms with E-state index in [1.54, 1.807) is 18.7 Å². The van der Waals surface area contributed by atoms with Crippen LogP contribution in [-0.4, -0.2) is 10.9 Å². The largest absolute Gasteiger partial charge is 0.464 e. The van der Waals surface area contributed by atoms with Gasteiger partial charge in [-0.15, -0.1) is 0 Å². The van der Waals surface area contributed by atoms with E-state index in [4.69, 9.17) is 4.42 Å². The van der Waals surface area contributed by atoms with E-state index in [1.165, 1.54) is 5.56 Å². The molecule has 0 fully saturated rings. The van der Waals surface area contributed by atoms with Crippen molar-refractivity contribution in [3.63, 3.8) is 0 Å². The van der Waals surface area contributed by atoms with Crippen LogP contribution in [-0.2, 0) is 23.2 Å². The number of furan rings is 1. The number of benzene rings is 1. The molecule has 2 heterocycles. The van der Waals surface area contributed by atoms with E-state index in [9.17, 15) is 4.79 Å². The molecule has 1 amide bonds. The van der Waals surface area contributed by atoms with Gasteiger partial charge < -0.3 is 9.73 Å². The van der Waals surface area contributed by atoms with Crippen molar-refractivity contribution in [2.75, 3.05) is 0 Å². The number of nitrogens with one attached hydrogen (secondary N) is 1. The number of rotatable bonds is 4. The Balaban J connectivity index is 1.73. The van der Waals surface area contributed by atoms with E-state index >= 15 is 0 Å². The first-order chi connectivity index (χ1) is 11.4. The van der Waals surface area contributed by atoms with Gasteiger partial charge in [0.1, 0.15) is 5.58 Å². The maximum atomic E-state index is 12.2. The highest BCUT2D eigenvalue weighted by Crippen LogP contribution is 2.29. The summed E-state index contributed by atoms with van der Waals surface area (Å²) in [6.45, 7) is 7.03. The maximum Gasteiger partial charge on any atom is 0.224 e. The summed E-state index contributed by atoms with van der Waals surface area (Å²) < 4.78 is 5.59. The Labute approximate surface area is 141 Å². The highest BCUT2D eigenvalue weighted by Gasteiger charge is 2.17. The minimum atomic E-state index is -0.0179. The number of pyridine rings is 1. The molecule has 0 atom stereocenters. The summed E-state index contributed by atoms with van der Waals surface area (Å²) in [5.74, 6) is -0.0179. The third-order valence-electron chi connectivity index (χ3n) is 4.11. The van der Waals surface area contributed by atoms with E-state index in [0.717, 1.165) is 22.1 Å². The van der Waals surface area contributed by atoms with Crippen LogP contribution in [0.3, 0.4) is 0 Å². The monoisotopic (exact) mass is 322 g/mol. The molecule has 0 aliphatic rings. The van der Waals surface area contributed by atoms with Crippen molar-refractivity contribution >= 4 is 16.9 Å². The zero-order valence-electron chi connectivity index (χ0n) is 14.3. The lowest BCUT2D eigenvalue weighted by molar-refractivity contribution is -0.120. The van der Waals surface area contributed by atoms with Crippen molar-refractivity contribution in [3.05, 3.63) is 65.7 Å². The number of amides is 1. The van der Waals surface area contributed by atoms with Crippen molar-refractivity contribution < 1.29 is 9.21 Å². The zero-order valence-corrected chi connectivity index (χ0v) is 14.3. The van der Waals surface area contributed by atoms with Crippen LogP contribution in [0.4, 0.5) is 0 Å². The lowest BCUT2D eigenvalue weighted by Crippen LogP contribution is -2.24. The second kappa shape index (κ2) is 6.48. The van der Waals surface area contributed by atoms with Crippen LogP contribution in [0.1, 0.15) is 37.5 Å². The Morgan fingerprint density at radius 1 is 1.17 bits per heavy atom. The summed E-state index contributed by atoms with van der Waals surface area (Å²) in [7, 11) is 0. The van der Waals surface area contributed by atoms with E-state index in [2.05, 4.69) is 43.2 Å². The molecule has 24 heavy (non-hydrogen) atoms. The predicted molar refractivity (Wildman–Crippen MR) is 94.7 cm³/mol. The third kappa shape index (κ3) is 3.65. The Bertz CT molecular complexity index is 845. The molecule has 0 saturated carbocycles. The molecule has 0 bridgehead atoms. The van der Waals surface area contributed by atoms with E-state index in [0.29, 0.717) is 13.0 Å². The van der Waals surface area contributed by atoms with Crippen molar-refractivity contribution in [1.82, 2.24) is 10.3 Å². The van der Waals surface area contributed by atoms with Gasteiger partial charge in [0.05, 0.1) is 12.7 Å². The van der Waals surface area contributed by atoms with Crippen LogP contribution in [0.2, 0.25) is 0 Å². The normalized spacial score (nSPS) is 11.6. The Morgan fingerprint density at radius 3 is 2.62 bits per heavy atom. The van der Waals surface area contributed by atoms with Gasteiger partial charge in [-0.25, -0.2) is 0 Å². The summed E-state index contributed by atoms with van der Waals surface area (Å²) in [6, 6.07) is 9.98. The molecule has 0 radical (unpaired) electrons. The first-order valence-corrected chi connectivity index (χ1v) is 8.10. The fourth-order valence-electron chi connectivity index (χ4n) is 2.62. The molecule has 0 unspecified atom stereocenters. The molecule has 3 aromatic rings. The summed E-state index contributed by atoms with van der Waals surface area (Å²) >= 11 is 0. The van der Waals surface area contributed by atoms with Crippen LogP contribution >= 0.6 is 0 Å². The molecular formula is C20H22N2O2. The zero-order chi connectivity index (χ0) is 17.2. The maximum absolute atomic E-state index is 12.2. The van der Waals surface area contributed by atoms with Gasteiger partial charge in [-0.05, 0) is 40.8 Å². The van der Waals surface area contributed by atoms with Gasteiger partial charge in [0.15, 0.2) is 0 Å². The number of carbonyl (C=O) groups excluding carboxylic acids is 1. The Kier molecular flexibility index (Phi) is 4.38. The number of nitrogens with zero attached hydrogens (tertiary/aromatic N) is 1. The summed E-state index contributed by atoms with van der Waals surface area (Å²) in [4.78, 5) is 16.2. The van der Waals surface area contributed by atoms with Gasteiger partial charge >= 0.3 is 0 Å². The summed E-state index contributed by atoms with van der Waals surface area (Å²) in [5.41, 5.74) is 4.07. The summed E-state index contributed by atoms with van der Waals surface area (Å²) in [6.07, 6.45) is 5.44. The van der Waals surface area contributed by atoms with Crippen molar-refractivity contribution in [2.45, 2.75) is 39.2 Å². The van der Waals surface area contributed by atoms with Crippen LogP contribution in [0.25, 0.3) is 11.0 Å². The van der Waals surface area contributed by atoms with Gasteiger partial charge in [0.2, 0.25) is 5.91 Å². The topological polar surface area (TPSA) is 55.1 Å². The van der Waals surface area contributed by atoms with Gasteiger partial charge in [-0.2, -0.15) is 0 Å². The lowest BCUT2D eigenvalue weighted by Gasteiger charge is -2.18. The molecule has 0 saturated heterocycles. The number of carbonyl (C=O) groups is 1. The van der Waals surface area contributed by atoms with Crippen LogP contribution in [0.15, 0.2) is 53.4 Å². The molecule has 3 rings (SSSR count). The second-order valence-electron chi connectivity index (χ2n) is 7.03. The molecule has 0 aliphatic carbocycles. The molecule has 2 aromatic heterocycles. The molecule has 1 aromatic carbocycles. The minimum absolute atomic E-state index is 0.0179. The molecule has 4 nitrogen and oxygen atoms in total. The van der Waals surface area contributed by atoms with E-state index in [1.807, 2.05) is 18.2 Å². The highest BCUT2D eigenvalue weighted by molar-refractivity contribution is 5.88. The average Bonchev–Trinajstić information content (AvgIpc) is 2.95. The van der Waals surface area contributed by atoms with E-state index in [-0.39, 0.29) is 11.3 Å². The van der Waals surface area contributed by atoms with Crippen LogP contribution in [0.5, 0.6) is 0 Å². The standard InChI is InChI=1S/C20H22N2O2/c1-20(2,3)16-4-5-18-17(11-16)15(13-24-18)10-19(23)22-12-14-6-8-21-9-7-14/h4-9,11,13H,10,12H2,1-3H3,(H,22,23). The van der Waals surface area contributed by atoms with Gasteiger partial charge in [0.25, 0.3) is 0 Å². The van der Waals surface area contributed by atoms with Crippen LogP contribution < -0.4 is 5.32 Å². The van der Waals surface area contributed by atoms with Gasteiger partial charge in [0, 0.05) is 29.9 Å². The molecule has 0 aliphatic heterocycles. The number of aromatic nitrogens is 1. The SMILES string of the molecule is CC(C)(C)c1ccc2occ(CC(=O)NCc3ccncc3)c2c1. The fraction of sp³-hybridized carbons (Fsp3) is 0.300. The first kappa shape index (κ1) is 16.2. The molecule has 124 valence electrons. The minimum Gasteiger partial charge on any atom is -0.464 e. The summed E-state index contributed by atoms with van der Waals surface area (Å²) in [5, 5.41) is 3.95. The molecule has 4 heteroatoms. The predicted octanol–water partition coefficient (Wildman–Crippen LogP) is 3.98. The van der Waals surface area contributed by atoms with Crippen molar-refractivity contribution in [3.8, 4) is 0 Å².